The van der Waals surface area contributed by atoms with Crippen LogP contribution in [0.5, 0.6) is 0 Å². The summed E-state index contributed by atoms with van der Waals surface area (Å²) in [5.41, 5.74) is 2.79. The smallest absolute Gasteiger partial charge is 0.193 e. The second-order valence-corrected chi connectivity index (χ2v) is 6.58. The molecule has 29 heavy (non-hydrogen) atoms. The van der Waals surface area contributed by atoms with Crippen LogP contribution in [0.4, 0.5) is 13.2 Å². The Morgan fingerprint density at radius 1 is 0.690 bits per heavy atom. The number of allylic oxidation sites excluding steroid dienone is 4. The molecule has 1 aliphatic carbocycles. The zero-order valence-electron chi connectivity index (χ0n) is 15.2. The van der Waals surface area contributed by atoms with Crippen LogP contribution >= 0.6 is 0 Å². The number of fused-ring (bicyclic) bond motifs is 1. The van der Waals surface area contributed by atoms with E-state index in [1.165, 1.54) is 36.4 Å². The Morgan fingerprint density at radius 2 is 1.21 bits per heavy atom. The van der Waals surface area contributed by atoms with Gasteiger partial charge in [-0.15, -0.1) is 0 Å². The predicted octanol–water partition coefficient (Wildman–Crippen LogP) is 6.53. The molecule has 3 aromatic carbocycles. The van der Waals surface area contributed by atoms with Gasteiger partial charge in [-0.3, -0.25) is 4.79 Å². The fraction of sp³-hybridized carbons (Fsp3) is 0. The number of benzene rings is 3. The third-order valence-electron chi connectivity index (χ3n) is 4.71. The standard InChI is InChI=1S/C25H15F3O/c26-19-10-5-16(6-11-19)21(17-7-12-20(27)13-8-17)14-9-18-15-24(28)22-3-1-2-4-23(22)25(18)29/h1-15H/b18-9-. The Kier molecular flexibility index (Phi) is 5.00. The topological polar surface area (TPSA) is 17.1 Å². The molecule has 0 saturated carbocycles. The Hall–Kier alpha value is -3.66. The summed E-state index contributed by atoms with van der Waals surface area (Å²) >= 11 is 0. The number of carbonyl (C=O) groups is 1. The van der Waals surface area contributed by atoms with Crippen molar-refractivity contribution < 1.29 is 18.0 Å². The molecule has 3 aromatic rings. The summed E-state index contributed by atoms with van der Waals surface area (Å²) in [6.07, 6.45) is 4.39. The normalized spacial score (nSPS) is 14.4. The fourth-order valence-electron chi connectivity index (χ4n) is 3.24. The summed E-state index contributed by atoms with van der Waals surface area (Å²) < 4.78 is 41.1. The summed E-state index contributed by atoms with van der Waals surface area (Å²) in [6, 6.07) is 18.2. The van der Waals surface area contributed by atoms with E-state index < -0.39 is 5.83 Å². The summed E-state index contributed by atoms with van der Waals surface area (Å²) in [5.74, 6) is -1.52. The predicted molar refractivity (Wildman–Crippen MR) is 108 cm³/mol. The highest BCUT2D eigenvalue weighted by Crippen LogP contribution is 2.31. The molecule has 4 heteroatoms. The van der Waals surface area contributed by atoms with Crippen molar-refractivity contribution in [3.63, 3.8) is 0 Å². The van der Waals surface area contributed by atoms with E-state index in [0.717, 1.165) is 0 Å². The van der Waals surface area contributed by atoms with Gasteiger partial charge < -0.3 is 0 Å². The molecule has 1 nitrogen and oxygen atoms in total. The number of rotatable bonds is 3. The molecule has 0 unspecified atom stereocenters. The van der Waals surface area contributed by atoms with Crippen molar-refractivity contribution in [1.29, 1.82) is 0 Å². The molecule has 0 heterocycles. The summed E-state index contributed by atoms with van der Waals surface area (Å²) in [5, 5.41) is 0. The minimum Gasteiger partial charge on any atom is -0.289 e. The van der Waals surface area contributed by atoms with Gasteiger partial charge in [0.1, 0.15) is 17.5 Å². The van der Waals surface area contributed by atoms with E-state index in [4.69, 9.17) is 0 Å². The third-order valence-corrected chi connectivity index (χ3v) is 4.71. The molecule has 0 aliphatic heterocycles. The second-order valence-electron chi connectivity index (χ2n) is 6.58. The maximum Gasteiger partial charge on any atom is 0.193 e. The highest BCUT2D eigenvalue weighted by atomic mass is 19.1. The molecule has 0 saturated heterocycles. The average Bonchev–Trinajstić information content (AvgIpc) is 2.74. The Balaban J connectivity index is 1.81. The van der Waals surface area contributed by atoms with Crippen LogP contribution in [0, 0.1) is 11.6 Å². The van der Waals surface area contributed by atoms with Gasteiger partial charge in [0.05, 0.1) is 0 Å². The first-order chi connectivity index (χ1) is 14.0. The van der Waals surface area contributed by atoms with Gasteiger partial charge in [-0.05, 0) is 47.0 Å². The SMILES string of the molecule is O=C1/C(=C\C=C(c2ccc(F)cc2)c2ccc(F)cc2)C=C(F)c2ccccc21. The first kappa shape index (κ1) is 18.7. The summed E-state index contributed by atoms with van der Waals surface area (Å²) in [6.45, 7) is 0. The van der Waals surface area contributed by atoms with E-state index in [9.17, 15) is 18.0 Å². The Morgan fingerprint density at radius 3 is 1.76 bits per heavy atom. The lowest BCUT2D eigenvalue weighted by atomic mass is 9.90. The average molecular weight is 388 g/mol. The molecule has 0 amide bonds. The van der Waals surface area contributed by atoms with Crippen molar-refractivity contribution in [1.82, 2.24) is 0 Å². The minimum absolute atomic E-state index is 0.197. The van der Waals surface area contributed by atoms with Crippen LogP contribution < -0.4 is 0 Å². The number of Topliss-reactive ketones (excluding diaryl/α,β-unsaturated/α-hetero) is 1. The van der Waals surface area contributed by atoms with Crippen LogP contribution in [0.3, 0.4) is 0 Å². The van der Waals surface area contributed by atoms with Gasteiger partial charge in [0.15, 0.2) is 5.78 Å². The number of hydrogen-bond acceptors (Lipinski definition) is 1. The molecular weight excluding hydrogens is 373 g/mol. The maximum atomic E-state index is 14.4. The zero-order chi connectivity index (χ0) is 20.4. The minimum atomic E-state index is -0.482. The highest BCUT2D eigenvalue weighted by Gasteiger charge is 2.22. The molecule has 1 aliphatic rings. The zero-order valence-corrected chi connectivity index (χ0v) is 15.2. The van der Waals surface area contributed by atoms with Crippen LogP contribution in [-0.4, -0.2) is 5.78 Å². The molecule has 0 atom stereocenters. The Bertz CT molecular complexity index is 1120. The van der Waals surface area contributed by atoms with E-state index in [1.54, 1.807) is 54.6 Å². The summed E-state index contributed by atoms with van der Waals surface area (Å²) in [4.78, 5) is 12.7. The first-order valence-corrected chi connectivity index (χ1v) is 8.98. The monoisotopic (exact) mass is 388 g/mol. The molecule has 0 N–H and O–H groups in total. The summed E-state index contributed by atoms with van der Waals surface area (Å²) in [7, 11) is 0. The van der Waals surface area contributed by atoms with Crippen molar-refractivity contribution in [3.8, 4) is 0 Å². The van der Waals surface area contributed by atoms with Crippen LogP contribution in [0.2, 0.25) is 0 Å². The van der Waals surface area contributed by atoms with Crippen molar-refractivity contribution >= 4 is 17.2 Å². The number of ketones is 1. The van der Waals surface area contributed by atoms with E-state index in [1.807, 2.05) is 0 Å². The van der Waals surface area contributed by atoms with E-state index in [-0.39, 0.29) is 28.6 Å². The van der Waals surface area contributed by atoms with Gasteiger partial charge in [-0.2, -0.15) is 0 Å². The van der Waals surface area contributed by atoms with Crippen LogP contribution in [0.25, 0.3) is 11.4 Å². The van der Waals surface area contributed by atoms with Crippen molar-refractivity contribution in [2.75, 3.05) is 0 Å². The van der Waals surface area contributed by atoms with Crippen LogP contribution in [-0.2, 0) is 0 Å². The van der Waals surface area contributed by atoms with Gasteiger partial charge in [-0.1, -0.05) is 60.7 Å². The largest absolute Gasteiger partial charge is 0.289 e. The molecule has 0 fully saturated rings. The van der Waals surface area contributed by atoms with Crippen LogP contribution in [0.1, 0.15) is 27.0 Å². The van der Waals surface area contributed by atoms with Gasteiger partial charge in [0, 0.05) is 16.7 Å². The molecule has 0 spiro atoms. The van der Waals surface area contributed by atoms with Gasteiger partial charge in [0.2, 0.25) is 0 Å². The maximum absolute atomic E-state index is 14.4. The first-order valence-electron chi connectivity index (χ1n) is 8.98. The molecular formula is C25H15F3O. The lowest BCUT2D eigenvalue weighted by Gasteiger charge is -2.13. The van der Waals surface area contributed by atoms with Crippen LogP contribution in [0.15, 0.2) is 96.6 Å². The van der Waals surface area contributed by atoms with E-state index in [2.05, 4.69) is 0 Å². The second kappa shape index (κ2) is 7.76. The van der Waals surface area contributed by atoms with Crippen molar-refractivity contribution in [3.05, 3.63) is 130 Å². The number of hydrogen-bond donors (Lipinski definition) is 0. The molecule has 4 rings (SSSR count). The van der Waals surface area contributed by atoms with E-state index in [0.29, 0.717) is 22.3 Å². The van der Waals surface area contributed by atoms with Crippen molar-refractivity contribution in [2.24, 2.45) is 0 Å². The number of halogens is 3. The van der Waals surface area contributed by atoms with Gasteiger partial charge in [-0.25, -0.2) is 13.2 Å². The highest BCUT2D eigenvalue weighted by molar-refractivity contribution is 6.16. The van der Waals surface area contributed by atoms with Crippen molar-refractivity contribution in [2.45, 2.75) is 0 Å². The van der Waals surface area contributed by atoms with Gasteiger partial charge in [0.25, 0.3) is 0 Å². The third kappa shape index (κ3) is 3.83. The quantitative estimate of drug-likeness (QED) is 0.466. The molecule has 0 aromatic heterocycles. The fourth-order valence-corrected chi connectivity index (χ4v) is 3.24. The lowest BCUT2D eigenvalue weighted by molar-refractivity contribution is 0.103. The van der Waals surface area contributed by atoms with Gasteiger partial charge >= 0.3 is 0 Å². The molecule has 0 bridgehead atoms. The lowest BCUT2D eigenvalue weighted by Crippen LogP contribution is -2.09. The number of carbonyl (C=O) groups excluding carboxylic acids is 1. The molecule has 142 valence electrons. The Labute approximate surface area is 166 Å². The van der Waals surface area contributed by atoms with E-state index >= 15 is 0 Å². The molecule has 0 radical (unpaired) electrons.